The van der Waals surface area contributed by atoms with Gasteiger partial charge in [-0.1, -0.05) is 13.0 Å². The van der Waals surface area contributed by atoms with Crippen molar-refractivity contribution < 1.29 is 14.8 Å². The molecule has 0 aromatic heterocycles. The summed E-state index contributed by atoms with van der Waals surface area (Å²) in [6, 6.07) is 4.50. The molecule has 0 bridgehead atoms. The number of hydrogen-bond donors (Lipinski definition) is 2. The van der Waals surface area contributed by atoms with E-state index in [1.165, 1.54) is 11.0 Å². The fraction of sp³-hybridized carbons (Fsp3) is 0.500. The van der Waals surface area contributed by atoms with Crippen molar-refractivity contribution in [2.24, 2.45) is 0 Å². The molecule has 0 aliphatic heterocycles. The smallest absolute Gasteiger partial charge is 0.292 e. The van der Waals surface area contributed by atoms with Crippen molar-refractivity contribution in [3.05, 3.63) is 33.9 Å². The molecule has 0 heterocycles. The number of aliphatic hydroxyl groups excluding tert-OH is 1. The third kappa shape index (κ3) is 4.71. The summed E-state index contributed by atoms with van der Waals surface area (Å²) in [5.74, 6) is -0.187. The summed E-state index contributed by atoms with van der Waals surface area (Å²) in [5, 5.41) is 23.4. The van der Waals surface area contributed by atoms with Gasteiger partial charge in [0, 0.05) is 19.7 Å². The predicted molar refractivity (Wildman–Crippen MR) is 80.3 cm³/mol. The van der Waals surface area contributed by atoms with E-state index in [0.29, 0.717) is 17.8 Å². The number of nitro benzene ring substituents is 1. The van der Waals surface area contributed by atoms with Crippen molar-refractivity contribution in [3.8, 4) is 0 Å². The maximum atomic E-state index is 11.7. The normalized spacial score (nSPS) is 11.8. The number of nitrogens with one attached hydrogen (secondary N) is 1. The number of benzene rings is 1. The first-order valence-electron chi connectivity index (χ1n) is 6.81. The highest BCUT2D eigenvalue weighted by molar-refractivity contribution is 5.82. The fourth-order valence-corrected chi connectivity index (χ4v) is 1.89. The van der Waals surface area contributed by atoms with E-state index in [0.717, 1.165) is 6.42 Å². The third-order valence-electron chi connectivity index (χ3n) is 3.04. The highest BCUT2D eigenvalue weighted by Gasteiger charge is 2.20. The van der Waals surface area contributed by atoms with Crippen LogP contribution < -0.4 is 10.2 Å². The third-order valence-corrected chi connectivity index (χ3v) is 3.04. The van der Waals surface area contributed by atoms with Crippen molar-refractivity contribution in [3.63, 3.8) is 0 Å². The van der Waals surface area contributed by atoms with E-state index in [2.05, 4.69) is 5.32 Å². The number of hydrogen-bond acceptors (Lipinski definition) is 5. The van der Waals surface area contributed by atoms with Gasteiger partial charge in [-0.05, 0) is 25.0 Å². The summed E-state index contributed by atoms with van der Waals surface area (Å²) in [4.78, 5) is 23.8. The van der Waals surface area contributed by atoms with E-state index in [1.54, 1.807) is 26.1 Å². The summed E-state index contributed by atoms with van der Waals surface area (Å²) in [7, 11) is 1.62. The van der Waals surface area contributed by atoms with Gasteiger partial charge in [0.2, 0.25) is 5.91 Å². The van der Waals surface area contributed by atoms with Gasteiger partial charge in [-0.15, -0.1) is 0 Å². The van der Waals surface area contributed by atoms with Crippen LogP contribution >= 0.6 is 0 Å². The van der Waals surface area contributed by atoms with E-state index >= 15 is 0 Å². The number of carbonyl (C=O) groups excluding carboxylic acids is 1. The Morgan fingerprint density at radius 1 is 1.52 bits per heavy atom. The molecule has 0 unspecified atom stereocenters. The van der Waals surface area contributed by atoms with Crippen molar-refractivity contribution in [1.82, 2.24) is 5.32 Å². The molecule has 7 heteroatoms. The van der Waals surface area contributed by atoms with E-state index in [4.69, 9.17) is 0 Å². The zero-order chi connectivity index (χ0) is 16.0. The van der Waals surface area contributed by atoms with Gasteiger partial charge in [-0.3, -0.25) is 14.9 Å². The van der Waals surface area contributed by atoms with E-state index in [9.17, 15) is 20.0 Å². The molecule has 1 aromatic rings. The molecule has 0 aliphatic carbocycles. The molecule has 0 saturated carbocycles. The van der Waals surface area contributed by atoms with Crippen molar-refractivity contribution in [1.29, 1.82) is 0 Å². The largest absolute Gasteiger partial charge is 0.389 e. The van der Waals surface area contributed by atoms with Crippen LogP contribution in [0, 0.1) is 10.1 Å². The summed E-state index contributed by atoms with van der Waals surface area (Å²) in [6.07, 6.45) is 0.0505. The highest BCUT2D eigenvalue weighted by atomic mass is 16.6. The van der Waals surface area contributed by atoms with Crippen LogP contribution in [-0.4, -0.2) is 36.1 Å². The first kappa shape index (κ1) is 16.9. The summed E-state index contributed by atoms with van der Waals surface area (Å²) >= 11 is 0. The Balaban J connectivity index is 2.95. The lowest BCUT2D eigenvalue weighted by atomic mass is 10.1. The minimum Gasteiger partial charge on any atom is -0.389 e. The van der Waals surface area contributed by atoms with Crippen molar-refractivity contribution in [2.45, 2.75) is 26.4 Å². The average Bonchev–Trinajstić information content (AvgIpc) is 2.44. The van der Waals surface area contributed by atoms with Crippen LogP contribution in [0.2, 0.25) is 0 Å². The molecule has 7 nitrogen and oxygen atoms in total. The van der Waals surface area contributed by atoms with Gasteiger partial charge in [0.1, 0.15) is 5.69 Å². The summed E-state index contributed by atoms with van der Waals surface area (Å²) < 4.78 is 0. The lowest BCUT2D eigenvalue weighted by Crippen LogP contribution is -2.35. The maximum absolute atomic E-state index is 11.7. The van der Waals surface area contributed by atoms with E-state index in [-0.39, 0.29) is 18.1 Å². The fourth-order valence-electron chi connectivity index (χ4n) is 1.89. The first-order chi connectivity index (χ1) is 9.86. The number of amides is 1. The number of anilines is 1. The Labute approximate surface area is 123 Å². The molecule has 21 heavy (non-hydrogen) atoms. The zero-order valence-electron chi connectivity index (χ0n) is 12.5. The number of nitro groups is 1. The molecule has 1 aromatic carbocycles. The molecule has 0 aliphatic rings. The van der Waals surface area contributed by atoms with Crippen LogP contribution in [0.3, 0.4) is 0 Å². The molecule has 2 N–H and O–H groups in total. The summed E-state index contributed by atoms with van der Waals surface area (Å²) in [6.45, 7) is 4.11. The second-order valence-electron chi connectivity index (χ2n) is 4.89. The van der Waals surface area contributed by atoms with Gasteiger partial charge >= 0.3 is 0 Å². The van der Waals surface area contributed by atoms with Crippen LogP contribution in [0.1, 0.15) is 31.9 Å². The molecule has 1 amide bonds. The van der Waals surface area contributed by atoms with Gasteiger partial charge in [-0.2, -0.15) is 0 Å². The standard InChI is InChI=1S/C14H21N3O4/c1-4-7-15-14(19)9-16(3)12-6-5-11(10(2)18)8-13(12)17(20)21/h5-6,8,10,18H,4,7,9H2,1-3H3,(H,15,19)/t10-/m0/s1. The maximum Gasteiger partial charge on any atom is 0.292 e. The quantitative estimate of drug-likeness (QED) is 0.588. The monoisotopic (exact) mass is 295 g/mol. The molecule has 0 radical (unpaired) electrons. The Morgan fingerprint density at radius 2 is 2.19 bits per heavy atom. The van der Waals surface area contributed by atoms with Gasteiger partial charge in [0.15, 0.2) is 0 Å². The Bertz CT molecular complexity index is 517. The van der Waals surface area contributed by atoms with Gasteiger partial charge in [0.25, 0.3) is 5.69 Å². The van der Waals surface area contributed by atoms with Gasteiger partial charge in [0.05, 0.1) is 17.6 Å². The number of rotatable bonds is 7. The van der Waals surface area contributed by atoms with Crippen LogP contribution in [0.5, 0.6) is 0 Å². The SMILES string of the molecule is CCCNC(=O)CN(C)c1ccc([C@H](C)O)cc1[N+](=O)[O-]. The molecule has 0 saturated heterocycles. The second kappa shape index (κ2) is 7.58. The Morgan fingerprint density at radius 3 is 2.71 bits per heavy atom. The number of carbonyl (C=O) groups is 1. The molecule has 116 valence electrons. The van der Waals surface area contributed by atoms with Crippen LogP contribution in [-0.2, 0) is 4.79 Å². The number of likely N-dealkylation sites (N-methyl/N-ethyl adjacent to an activating group) is 1. The molecule has 0 fully saturated rings. The first-order valence-corrected chi connectivity index (χ1v) is 6.81. The number of nitrogens with zero attached hydrogens (tertiary/aromatic N) is 2. The molecular formula is C14H21N3O4. The Kier molecular flexibility index (Phi) is 6.10. The minimum atomic E-state index is -0.782. The molecular weight excluding hydrogens is 274 g/mol. The zero-order valence-corrected chi connectivity index (χ0v) is 12.5. The minimum absolute atomic E-state index is 0.0366. The van der Waals surface area contributed by atoms with Crippen LogP contribution in [0.25, 0.3) is 0 Å². The number of aliphatic hydroxyl groups is 1. The second-order valence-corrected chi connectivity index (χ2v) is 4.89. The predicted octanol–water partition coefficient (Wildman–Crippen LogP) is 1.61. The van der Waals surface area contributed by atoms with Gasteiger partial charge < -0.3 is 15.3 Å². The van der Waals surface area contributed by atoms with Gasteiger partial charge in [-0.25, -0.2) is 0 Å². The lowest BCUT2D eigenvalue weighted by Gasteiger charge is -2.19. The molecule has 1 atom stereocenters. The van der Waals surface area contributed by atoms with E-state index in [1.807, 2.05) is 6.92 Å². The topological polar surface area (TPSA) is 95.7 Å². The van der Waals surface area contributed by atoms with Crippen LogP contribution in [0.15, 0.2) is 18.2 Å². The lowest BCUT2D eigenvalue weighted by molar-refractivity contribution is -0.384. The molecule has 1 rings (SSSR count). The molecule has 0 spiro atoms. The van der Waals surface area contributed by atoms with Crippen molar-refractivity contribution >= 4 is 17.3 Å². The van der Waals surface area contributed by atoms with Crippen LogP contribution in [0.4, 0.5) is 11.4 Å². The van der Waals surface area contributed by atoms with Crippen molar-refractivity contribution in [2.75, 3.05) is 25.0 Å². The van der Waals surface area contributed by atoms with E-state index < -0.39 is 11.0 Å². The highest BCUT2D eigenvalue weighted by Crippen LogP contribution is 2.30. The average molecular weight is 295 g/mol. The summed E-state index contributed by atoms with van der Waals surface area (Å²) in [5.41, 5.74) is 0.685. The Hall–Kier alpha value is -2.15.